The van der Waals surface area contributed by atoms with Gasteiger partial charge in [0.05, 0.1) is 12.4 Å². The minimum atomic E-state index is -3.32. The number of carbonyl (C=O) groups is 1. The Morgan fingerprint density at radius 1 is 1.35 bits per heavy atom. The smallest absolute Gasteiger partial charge is 0.321 e. The quantitative estimate of drug-likeness (QED) is 0.623. The minimum absolute atomic E-state index is 0.0456. The lowest BCUT2D eigenvalue weighted by Crippen LogP contribution is -2.26. The third kappa shape index (κ3) is 8.15. The monoisotopic (exact) mass is 265 g/mol. The first-order valence-corrected chi connectivity index (χ1v) is 7.80. The normalized spacial score (nSPS) is 13.4. The average Bonchev–Trinajstić information content (AvgIpc) is 2.24. The zero-order valence-corrected chi connectivity index (χ0v) is 11.7. The second-order valence-electron chi connectivity index (χ2n) is 3.93. The highest BCUT2D eigenvalue weighted by Gasteiger charge is 2.17. The Balaban J connectivity index is 3.97. The zero-order valence-electron chi connectivity index (χ0n) is 10.9. The number of esters is 1. The SMILES string of the molecule is CCOC(=O)CS(=O)(=O)CCCC(CC)NC. The summed E-state index contributed by atoms with van der Waals surface area (Å²) in [4.78, 5) is 11.1. The van der Waals surface area contributed by atoms with E-state index in [1.807, 2.05) is 14.0 Å². The van der Waals surface area contributed by atoms with Crippen molar-refractivity contribution in [1.82, 2.24) is 5.32 Å². The van der Waals surface area contributed by atoms with E-state index in [4.69, 9.17) is 0 Å². The van der Waals surface area contributed by atoms with Crippen molar-refractivity contribution in [3.8, 4) is 0 Å². The van der Waals surface area contributed by atoms with Crippen LogP contribution in [0.1, 0.15) is 33.1 Å². The standard InChI is InChI=1S/C11H23NO4S/c1-4-10(12-3)7-6-8-17(14,15)9-11(13)16-5-2/h10,12H,4-9H2,1-3H3. The lowest BCUT2D eigenvalue weighted by molar-refractivity contribution is -0.139. The van der Waals surface area contributed by atoms with Crippen LogP contribution >= 0.6 is 0 Å². The number of nitrogens with one attached hydrogen (secondary N) is 1. The molecule has 6 heteroatoms. The molecule has 0 radical (unpaired) electrons. The highest BCUT2D eigenvalue weighted by atomic mass is 32.2. The van der Waals surface area contributed by atoms with Gasteiger partial charge in [-0.05, 0) is 33.2 Å². The Morgan fingerprint density at radius 2 is 2.00 bits per heavy atom. The fourth-order valence-electron chi connectivity index (χ4n) is 1.56. The summed E-state index contributed by atoms with van der Waals surface area (Å²) in [5.41, 5.74) is 0. The Hall–Kier alpha value is -0.620. The minimum Gasteiger partial charge on any atom is -0.465 e. The van der Waals surface area contributed by atoms with Crippen LogP contribution in [-0.4, -0.2) is 45.6 Å². The van der Waals surface area contributed by atoms with Crippen molar-refractivity contribution in [3.63, 3.8) is 0 Å². The Kier molecular flexibility index (Phi) is 8.16. The van der Waals surface area contributed by atoms with Gasteiger partial charge in [-0.15, -0.1) is 0 Å². The molecular formula is C11H23NO4S. The molecule has 0 fully saturated rings. The van der Waals surface area contributed by atoms with Crippen LogP contribution in [0.25, 0.3) is 0 Å². The average molecular weight is 265 g/mol. The van der Waals surface area contributed by atoms with Gasteiger partial charge in [-0.25, -0.2) is 8.42 Å². The van der Waals surface area contributed by atoms with E-state index in [2.05, 4.69) is 10.1 Å². The molecular weight excluding hydrogens is 242 g/mol. The van der Waals surface area contributed by atoms with Gasteiger partial charge < -0.3 is 10.1 Å². The molecule has 1 atom stereocenters. The zero-order chi connectivity index (χ0) is 13.3. The van der Waals surface area contributed by atoms with Crippen molar-refractivity contribution in [2.24, 2.45) is 0 Å². The van der Waals surface area contributed by atoms with Gasteiger partial charge in [-0.2, -0.15) is 0 Å². The van der Waals surface area contributed by atoms with Crippen LogP contribution in [0.15, 0.2) is 0 Å². The van der Waals surface area contributed by atoms with E-state index in [1.165, 1.54) is 0 Å². The van der Waals surface area contributed by atoms with Crippen molar-refractivity contribution in [2.75, 3.05) is 25.2 Å². The first-order valence-electron chi connectivity index (χ1n) is 5.98. The van der Waals surface area contributed by atoms with E-state index in [0.29, 0.717) is 12.5 Å². The first-order chi connectivity index (χ1) is 7.95. The van der Waals surface area contributed by atoms with E-state index >= 15 is 0 Å². The summed E-state index contributed by atoms with van der Waals surface area (Å²) in [6.07, 6.45) is 2.34. The van der Waals surface area contributed by atoms with Gasteiger partial charge in [0.15, 0.2) is 9.84 Å². The first kappa shape index (κ1) is 16.4. The predicted molar refractivity (Wildman–Crippen MR) is 67.7 cm³/mol. The summed E-state index contributed by atoms with van der Waals surface area (Å²) in [6, 6.07) is 0.341. The molecule has 0 rings (SSSR count). The number of hydrogen-bond donors (Lipinski definition) is 1. The van der Waals surface area contributed by atoms with Crippen LogP contribution in [0, 0.1) is 0 Å². The summed E-state index contributed by atoms with van der Waals surface area (Å²) in [5.74, 6) is -1.12. The van der Waals surface area contributed by atoms with Gasteiger partial charge in [0.2, 0.25) is 0 Å². The Bertz CT molecular complexity index is 309. The number of rotatable bonds is 9. The molecule has 0 saturated heterocycles. The molecule has 5 nitrogen and oxygen atoms in total. The summed E-state index contributed by atoms with van der Waals surface area (Å²) in [7, 11) is -1.46. The van der Waals surface area contributed by atoms with Gasteiger partial charge in [-0.3, -0.25) is 4.79 Å². The molecule has 0 aliphatic carbocycles. The topological polar surface area (TPSA) is 72.5 Å². The number of ether oxygens (including phenoxy) is 1. The van der Waals surface area contributed by atoms with Crippen molar-refractivity contribution in [1.29, 1.82) is 0 Å². The fourth-order valence-corrected chi connectivity index (χ4v) is 2.75. The number of hydrogen-bond acceptors (Lipinski definition) is 5. The van der Waals surface area contributed by atoms with Crippen LogP contribution in [0.3, 0.4) is 0 Å². The van der Waals surface area contributed by atoms with Gasteiger partial charge in [0, 0.05) is 6.04 Å². The van der Waals surface area contributed by atoms with Crippen molar-refractivity contribution in [3.05, 3.63) is 0 Å². The lowest BCUT2D eigenvalue weighted by Gasteiger charge is -2.13. The number of sulfone groups is 1. The molecule has 17 heavy (non-hydrogen) atoms. The lowest BCUT2D eigenvalue weighted by atomic mass is 10.1. The molecule has 0 aromatic carbocycles. The maximum atomic E-state index is 11.6. The van der Waals surface area contributed by atoms with E-state index in [1.54, 1.807) is 6.92 Å². The third-order valence-corrected chi connectivity index (χ3v) is 4.14. The second kappa shape index (κ2) is 8.47. The predicted octanol–water partition coefficient (Wildman–Crippen LogP) is 0.742. The van der Waals surface area contributed by atoms with Gasteiger partial charge in [0.1, 0.15) is 5.75 Å². The van der Waals surface area contributed by atoms with E-state index in [0.717, 1.165) is 12.8 Å². The van der Waals surface area contributed by atoms with Gasteiger partial charge >= 0.3 is 5.97 Å². The molecule has 1 unspecified atom stereocenters. The van der Waals surface area contributed by atoms with E-state index in [9.17, 15) is 13.2 Å². The van der Waals surface area contributed by atoms with Crippen LogP contribution in [0.5, 0.6) is 0 Å². The molecule has 0 aliphatic rings. The maximum absolute atomic E-state index is 11.6. The number of carbonyl (C=O) groups excluding carboxylic acids is 1. The van der Waals surface area contributed by atoms with Crippen LogP contribution in [0.2, 0.25) is 0 Å². The van der Waals surface area contributed by atoms with Crippen molar-refractivity contribution in [2.45, 2.75) is 39.2 Å². The van der Waals surface area contributed by atoms with Crippen LogP contribution in [0.4, 0.5) is 0 Å². The van der Waals surface area contributed by atoms with Crippen molar-refractivity contribution >= 4 is 15.8 Å². The molecule has 0 aliphatic heterocycles. The van der Waals surface area contributed by atoms with Crippen molar-refractivity contribution < 1.29 is 17.9 Å². The largest absolute Gasteiger partial charge is 0.465 e. The molecule has 0 amide bonds. The summed E-state index contributed by atoms with van der Waals surface area (Å²) in [5, 5.41) is 3.11. The van der Waals surface area contributed by atoms with Crippen LogP contribution < -0.4 is 5.32 Å². The van der Waals surface area contributed by atoms with E-state index < -0.39 is 21.6 Å². The highest BCUT2D eigenvalue weighted by molar-refractivity contribution is 7.92. The Labute approximate surface area is 104 Å². The van der Waals surface area contributed by atoms with Gasteiger partial charge in [0.25, 0.3) is 0 Å². The molecule has 0 heterocycles. The van der Waals surface area contributed by atoms with E-state index in [-0.39, 0.29) is 12.4 Å². The summed E-state index contributed by atoms with van der Waals surface area (Å²) >= 11 is 0. The molecule has 0 aromatic rings. The molecule has 0 bridgehead atoms. The van der Waals surface area contributed by atoms with Crippen LogP contribution in [-0.2, 0) is 19.4 Å². The molecule has 0 saturated carbocycles. The van der Waals surface area contributed by atoms with Gasteiger partial charge in [-0.1, -0.05) is 6.92 Å². The molecule has 102 valence electrons. The molecule has 1 N–H and O–H groups in total. The fraction of sp³-hybridized carbons (Fsp3) is 0.909. The third-order valence-electron chi connectivity index (χ3n) is 2.55. The summed E-state index contributed by atoms with van der Waals surface area (Å²) < 4.78 is 27.7. The highest BCUT2D eigenvalue weighted by Crippen LogP contribution is 2.04. The maximum Gasteiger partial charge on any atom is 0.321 e. The molecule has 0 spiro atoms. The molecule has 0 aromatic heterocycles. The Morgan fingerprint density at radius 3 is 2.47 bits per heavy atom. The second-order valence-corrected chi connectivity index (χ2v) is 6.12. The summed E-state index contributed by atoms with van der Waals surface area (Å²) in [6.45, 7) is 3.92.